The number of aromatic carboxylic acids is 1. The van der Waals surface area contributed by atoms with Crippen LogP contribution >= 0.6 is 0 Å². The maximum atomic E-state index is 13.6. The van der Waals surface area contributed by atoms with Crippen molar-refractivity contribution in [3.63, 3.8) is 0 Å². The molecule has 0 saturated heterocycles. The number of nitro benzene ring substituents is 1. The number of benzene rings is 1. The van der Waals surface area contributed by atoms with Gasteiger partial charge in [0, 0.05) is 32.3 Å². The summed E-state index contributed by atoms with van der Waals surface area (Å²) in [5.74, 6) is -2.56. The predicted octanol–water partition coefficient (Wildman–Crippen LogP) is 1.90. The van der Waals surface area contributed by atoms with Gasteiger partial charge in [0.25, 0.3) is 5.69 Å². The van der Waals surface area contributed by atoms with Gasteiger partial charge in [0.1, 0.15) is 17.1 Å². The average molecular weight is 286 g/mol. The van der Waals surface area contributed by atoms with Crippen molar-refractivity contribution in [3.05, 3.63) is 33.6 Å². The number of nitro groups is 1. The van der Waals surface area contributed by atoms with Gasteiger partial charge >= 0.3 is 5.97 Å². The lowest BCUT2D eigenvalue weighted by Gasteiger charge is -2.19. The topological polar surface area (TPSA) is 92.9 Å². The van der Waals surface area contributed by atoms with Gasteiger partial charge in [-0.15, -0.1) is 0 Å². The quantitative estimate of drug-likeness (QED) is 0.467. The number of carboxylic acids is 1. The third-order valence-corrected chi connectivity index (χ3v) is 2.68. The molecule has 0 unspecified atom stereocenters. The highest BCUT2D eigenvalue weighted by Gasteiger charge is 2.23. The fourth-order valence-electron chi connectivity index (χ4n) is 1.63. The van der Waals surface area contributed by atoms with E-state index in [1.54, 1.807) is 7.05 Å². The molecule has 0 aliphatic rings. The van der Waals surface area contributed by atoms with Crippen LogP contribution in [0.4, 0.5) is 15.8 Å². The minimum absolute atomic E-state index is 0.0113. The number of halogens is 1. The number of carbonyl (C=O) groups is 1. The smallest absolute Gasteiger partial charge is 0.338 e. The number of rotatable bonds is 7. The SMILES string of the molecule is CCOCCN(C)c1cc(F)c(C(=O)O)cc1[N+](=O)[O-]. The molecule has 0 bridgehead atoms. The van der Waals surface area contributed by atoms with Crippen LogP contribution in [0, 0.1) is 15.9 Å². The van der Waals surface area contributed by atoms with Gasteiger partial charge in [-0.3, -0.25) is 10.1 Å². The number of likely N-dealkylation sites (N-methyl/N-ethyl adjacent to an activating group) is 1. The highest BCUT2D eigenvalue weighted by Crippen LogP contribution is 2.30. The lowest BCUT2D eigenvalue weighted by Crippen LogP contribution is -2.24. The Labute approximate surface area is 114 Å². The number of hydrogen-bond donors (Lipinski definition) is 1. The molecule has 0 heterocycles. The van der Waals surface area contributed by atoms with Crippen molar-refractivity contribution in [1.82, 2.24) is 0 Å². The lowest BCUT2D eigenvalue weighted by molar-refractivity contribution is -0.384. The fraction of sp³-hybridized carbons (Fsp3) is 0.417. The summed E-state index contributed by atoms with van der Waals surface area (Å²) in [5.41, 5.74) is -1.17. The minimum Gasteiger partial charge on any atom is -0.478 e. The largest absolute Gasteiger partial charge is 0.478 e. The molecule has 7 nitrogen and oxygen atoms in total. The van der Waals surface area contributed by atoms with Gasteiger partial charge < -0.3 is 14.7 Å². The van der Waals surface area contributed by atoms with Crippen LogP contribution in [0.25, 0.3) is 0 Å². The van der Waals surface area contributed by atoms with E-state index in [1.807, 2.05) is 6.92 Å². The van der Waals surface area contributed by atoms with Gasteiger partial charge in [0.05, 0.1) is 11.5 Å². The molecule has 1 rings (SSSR count). The maximum absolute atomic E-state index is 13.6. The standard InChI is InChI=1S/C12H15FN2O5/c1-3-20-5-4-14(2)10-7-9(13)8(12(16)17)6-11(10)15(18)19/h6-7H,3-5H2,1-2H3,(H,16,17). The average Bonchev–Trinajstić information content (AvgIpc) is 2.37. The Hall–Kier alpha value is -2.22. The van der Waals surface area contributed by atoms with Crippen molar-refractivity contribution in [3.8, 4) is 0 Å². The molecule has 0 radical (unpaired) electrons. The van der Waals surface area contributed by atoms with Crippen molar-refractivity contribution >= 4 is 17.3 Å². The van der Waals surface area contributed by atoms with E-state index in [1.165, 1.54) is 4.90 Å². The molecular formula is C12H15FN2O5. The van der Waals surface area contributed by atoms with Crippen LogP contribution in [0.3, 0.4) is 0 Å². The lowest BCUT2D eigenvalue weighted by atomic mass is 10.1. The van der Waals surface area contributed by atoms with Crippen LogP contribution in [0.5, 0.6) is 0 Å². The zero-order chi connectivity index (χ0) is 15.3. The van der Waals surface area contributed by atoms with E-state index < -0.39 is 28.0 Å². The molecule has 1 aromatic carbocycles. The highest BCUT2D eigenvalue weighted by molar-refractivity contribution is 5.90. The van der Waals surface area contributed by atoms with Gasteiger partial charge in [0.2, 0.25) is 0 Å². The first-order chi connectivity index (χ1) is 9.38. The van der Waals surface area contributed by atoms with E-state index in [0.717, 1.165) is 12.1 Å². The van der Waals surface area contributed by atoms with Crippen molar-refractivity contribution in [1.29, 1.82) is 0 Å². The summed E-state index contributed by atoms with van der Waals surface area (Å²) in [6, 6.07) is 1.58. The van der Waals surface area contributed by atoms with Gasteiger partial charge in [-0.2, -0.15) is 0 Å². The van der Waals surface area contributed by atoms with Crippen LogP contribution in [0.1, 0.15) is 17.3 Å². The summed E-state index contributed by atoms with van der Waals surface area (Å²) < 4.78 is 18.8. The van der Waals surface area contributed by atoms with Crippen molar-refractivity contribution in [2.45, 2.75) is 6.92 Å². The van der Waals surface area contributed by atoms with E-state index >= 15 is 0 Å². The summed E-state index contributed by atoms with van der Waals surface area (Å²) in [6.07, 6.45) is 0. The zero-order valence-corrected chi connectivity index (χ0v) is 11.1. The molecule has 0 atom stereocenters. The third kappa shape index (κ3) is 3.64. The summed E-state index contributed by atoms with van der Waals surface area (Å²) in [6.45, 7) is 2.96. The van der Waals surface area contributed by atoms with E-state index in [4.69, 9.17) is 9.84 Å². The van der Waals surface area contributed by atoms with Gasteiger partial charge in [-0.25, -0.2) is 9.18 Å². The normalized spacial score (nSPS) is 10.3. The molecule has 0 spiro atoms. The van der Waals surface area contributed by atoms with Crippen LogP contribution in [-0.2, 0) is 4.74 Å². The second kappa shape index (κ2) is 6.80. The Kier molecular flexibility index (Phi) is 5.39. The van der Waals surface area contributed by atoms with E-state index in [0.29, 0.717) is 19.8 Å². The highest BCUT2D eigenvalue weighted by atomic mass is 19.1. The summed E-state index contributed by atoms with van der Waals surface area (Å²) in [7, 11) is 1.54. The summed E-state index contributed by atoms with van der Waals surface area (Å²) in [5, 5.41) is 19.8. The van der Waals surface area contributed by atoms with Crippen LogP contribution in [0.2, 0.25) is 0 Å². The Morgan fingerprint density at radius 1 is 1.55 bits per heavy atom. The Balaban J connectivity index is 3.14. The van der Waals surface area contributed by atoms with Crippen LogP contribution in [-0.4, -0.2) is 42.8 Å². The molecule has 0 fully saturated rings. The molecular weight excluding hydrogens is 271 g/mol. The van der Waals surface area contributed by atoms with E-state index in [-0.39, 0.29) is 5.69 Å². The van der Waals surface area contributed by atoms with E-state index in [2.05, 4.69) is 0 Å². The first-order valence-electron chi connectivity index (χ1n) is 5.88. The molecule has 20 heavy (non-hydrogen) atoms. The second-order valence-corrected chi connectivity index (χ2v) is 4.00. The van der Waals surface area contributed by atoms with Gasteiger partial charge in [-0.1, -0.05) is 0 Å². The Morgan fingerprint density at radius 3 is 2.70 bits per heavy atom. The monoisotopic (exact) mass is 286 g/mol. The number of nitrogens with zero attached hydrogens (tertiary/aromatic N) is 2. The number of carboxylic acid groups (broad SMARTS) is 1. The first kappa shape index (κ1) is 15.8. The molecule has 0 aromatic heterocycles. The first-order valence-corrected chi connectivity index (χ1v) is 5.88. The van der Waals surface area contributed by atoms with Gasteiger partial charge in [0.15, 0.2) is 0 Å². The summed E-state index contributed by atoms with van der Waals surface area (Å²) >= 11 is 0. The Morgan fingerprint density at radius 2 is 2.20 bits per heavy atom. The minimum atomic E-state index is -1.55. The van der Waals surface area contributed by atoms with Crippen molar-refractivity contribution in [2.75, 3.05) is 31.7 Å². The molecule has 110 valence electrons. The molecule has 8 heteroatoms. The van der Waals surface area contributed by atoms with E-state index in [9.17, 15) is 19.3 Å². The zero-order valence-electron chi connectivity index (χ0n) is 11.1. The van der Waals surface area contributed by atoms with Gasteiger partial charge in [-0.05, 0) is 6.92 Å². The van der Waals surface area contributed by atoms with Crippen molar-refractivity contribution < 1.29 is 24.0 Å². The number of anilines is 1. The summed E-state index contributed by atoms with van der Waals surface area (Å²) in [4.78, 5) is 22.5. The molecule has 0 aliphatic heterocycles. The third-order valence-electron chi connectivity index (χ3n) is 2.68. The molecule has 1 aromatic rings. The number of ether oxygens (including phenoxy) is 1. The predicted molar refractivity (Wildman–Crippen MR) is 69.8 cm³/mol. The van der Waals surface area contributed by atoms with Crippen LogP contribution in [0.15, 0.2) is 12.1 Å². The van der Waals surface area contributed by atoms with Crippen molar-refractivity contribution in [2.24, 2.45) is 0 Å². The molecule has 1 N–H and O–H groups in total. The second-order valence-electron chi connectivity index (χ2n) is 4.00. The van der Waals surface area contributed by atoms with Crippen LogP contribution < -0.4 is 4.90 Å². The molecule has 0 amide bonds. The molecule has 0 aliphatic carbocycles. The maximum Gasteiger partial charge on any atom is 0.338 e. The number of hydrogen-bond acceptors (Lipinski definition) is 5. The Bertz CT molecular complexity index is 521. The fourth-order valence-corrected chi connectivity index (χ4v) is 1.63. The molecule has 0 saturated carbocycles.